The number of aromatic nitrogens is 3. The summed E-state index contributed by atoms with van der Waals surface area (Å²) in [7, 11) is 0. The Morgan fingerprint density at radius 1 is 0.886 bits per heavy atom. The molecule has 0 unspecified atom stereocenters. The first-order chi connectivity index (χ1) is 21.5. The highest BCUT2D eigenvalue weighted by Crippen LogP contribution is 2.39. The quantitative estimate of drug-likeness (QED) is 0.208. The van der Waals surface area contributed by atoms with Crippen molar-refractivity contribution in [2.75, 3.05) is 16.8 Å². The highest BCUT2D eigenvalue weighted by molar-refractivity contribution is 7.12. The molecule has 6 aromatic rings. The molecule has 0 saturated heterocycles. The fraction of sp³-hybridized carbons (Fsp3) is 0.111. The first-order valence-corrected chi connectivity index (χ1v) is 15.3. The number of nitrogens with zero attached hydrogens (tertiary/aromatic N) is 3. The van der Waals surface area contributed by atoms with E-state index < -0.39 is 0 Å². The van der Waals surface area contributed by atoms with Crippen LogP contribution in [0.3, 0.4) is 0 Å². The van der Waals surface area contributed by atoms with Crippen molar-refractivity contribution in [1.29, 1.82) is 0 Å². The first-order valence-electron chi connectivity index (χ1n) is 14.5. The number of anilines is 2. The second kappa shape index (κ2) is 11.7. The molecule has 2 aromatic heterocycles. The number of hydrogen-bond donors (Lipinski definition) is 2. The van der Waals surface area contributed by atoms with Crippen molar-refractivity contribution in [3.8, 4) is 22.4 Å². The highest BCUT2D eigenvalue weighted by atomic mass is 32.1. The van der Waals surface area contributed by atoms with Gasteiger partial charge in [0.2, 0.25) is 0 Å². The lowest BCUT2D eigenvalue weighted by atomic mass is 9.99. The van der Waals surface area contributed by atoms with Crippen LogP contribution in [-0.2, 0) is 12.8 Å². The van der Waals surface area contributed by atoms with Crippen molar-refractivity contribution in [1.82, 2.24) is 15.0 Å². The van der Waals surface area contributed by atoms with Gasteiger partial charge in [-0.15, -0.1) is 11.3 Å². The van der Waals surface area contributed by atoms with E-state index in [2.05, 4.69) is 15.3 Å². The summed E-state index contributed by atoms with van der Waals surface area (Å²) >= 11 is 1.69. The zero-order valence-electron chi connectivity index (χ0n) is 24.1. The first kappa shape index (κ1) is 27.5. The topological polar surface area (TPSA) is 91.0 Å². The van der Waals surface area contributed by atoms with Crippen molar-refractivity contribution < 1.29 is 9.59 Å². The molecule has 1 aliphatic rings. The van der Waals surface area contributed by atoms with E-state index in [-0.39, 0.29) is 11.8 Å². The smallest absolute Gasteiger partial charge is 0.258 e. The van der Waals surface area contributed by atoms with E-state index in [0.29, 0.717) is 36.2 Å². The van der Waals surface area contributed by atoms with E-state index >= 15 is 0 Å². The maximum Gasteiger partial charge on any atom is 0.258 e. The number of para-hydroxylation sites is 1. The number of fused-ring (bicyclic) bond motifs is 3. The molecule has 0 saturated carbocycles. The van der Waals surface area contributed by atoms with Crippen LogP contribution in [0.4, 0.5) is 11.4 Å². The molecule has 1 aliphatic heterocycles. The zero-order chi connectivity index (χ0) is 30.0. The molecule has 3 heterocycles. The Morgan fingerprint density at radius 2 is 1.61 bits per heavy atom. The Hall–Kier alpha value is -5.34. The van der Waals surface area contributed by atoms with Gasteiger partial charge in [0.05, 0.1) is 16.4 Å². The minimum atomic E-state index is -0.203. The van der Waals surface area contributed by atoms with Crippen LogP contribution in [0.2, 0.25) is 0 Å². The number of amides is 2. The molecule has 0 radical (unpaired) electrons. The maximum atomic E-state index is 13.9. The fourth-order valence-corrected chi connectivity index (χ4v) is 6.73. The van der Waals surface area contributed by atoms with E-state index in [9.17, 15) is 9.59 Å². The molecule has 4 aromatic carbocycles. The number of carbonyl (C=O) groups is 2. The summed E-state index contributed by atoms with van der Waals surface area (Å²) in [6, 6.07) is 32.5. The van der Waals surface area contributed by atoms with Gasteiger partial charge in [-0.25, -0.2) is 9.97 Å². The van der Waals surface area contributed by atoms with Gasteiger partial charge in [-0.3, -0.25) is 9.59 Å². The fourth-order valence-electron chi connectivity index (χ4n) is 5.64. The lowest BCUT2D eigenvalue weighted by molar-refractivity contribution is 0.0986. The Balaban J connectivity index is 1.10. The maximum absolute atomic E-state index is 13.9. The standard InChI is InChI=1S/C36H29N5O2S/c1-23-37-22-27(38-23)21-33-40-34-30-13-7-8-14-31(30)41(20-19-32(34)44-33)36(43)25-15-17-26(18-16-25)39-35(42)29-12-6-5-11-28(29)24-9-3-2-4-10-24/h2-18,22H,19-21H2,1H3,(H,37,38)(H,39,42). The number of benzene rings is 4. The molecular formula is C36H29N5O2S. The number of hydrogen-bond acceptors (Lipinski definition) is 5. The van der Waals surface area contributed by atoms with Crippen molar-refractivity contribution in [2.45, 2.75) is 19.8 Å². The molecule has 2 N–H and O–H groups in total. The number of nitrogens with one attached hydrogen (secondary N) is 2. The molecule has 0 atom stereocenters. The predicted octanol–water partition coefficient (Wildman–Crippen LogP) is 7.55. The van der Waals surface area contributed by atoms with Crippen LogP contribution in [0.15, 0.2) is 109 Å². The summed E-state index contributed by atoms with van der Waals surface area (Å²) < 4.78 is 0. The summed E-state index contributed by atoms with van der Waals surface area (Å²) in [5.41, 5.74) is 7.39. The van der Waals surface area contributed by atoms with Crippen LogP contribution in [-0.4, -0.2) is 33.3 Å². The second-order valence-electron chi connectivity index (χ2n) is 10.7. The SMILES string of the molecule is Cc1ncc(Cc2nc3c(s2)CCN(C(=O)c2ccc(NC(=O)c4ccccc4-c4ccccc4)cc2)c2ccccc2-3)[nH]1. The van der Waals surface area contributed by atoms with E-state index in [1.54, 1.807) is 35.6 Å². The molecule has 0 spiro atoms. The Kier molecular flexibility index (Phi) is 7.33. The Bertz CT molecular complexity index is 1980. The van der Waals surface area contributed by atoms with E-state index in [4.69, 9.17) is 4.98 Å². The van der Waals surface area contributed by atoms with Gasteiger partial charge in [0.25, 0.3) is 11.8 Å². The summed E-state index contributed by atoms with van der Waals surface area (Å²) in [5, 5.41) is 4.02. The molecule has 8 heteroatoms. The molecule has 7 rings (SSSR count). The normalized spacial score (nSPS) is 12.2. The van der Waals surface area contributed by atoms with Crippen LogP contribution >= 0.6 is 11.3 Å². The lowest BCUT2D eigenvalue weighted by Crippen LogP contribution is -2.32. The molecule has 7 nitrogen and oxygen atoms in total. The summed E-state index contributed by atoms with van der Waals surface area (Å²) in [6.07, 6.45) is 3.27. The highest BCUT2D eigenvalue weighted by Gasteiger charge is 2.27. The van der Waals surface area contributed by atoms with Gasteiger partial charge in [0, 0.05) is 58.5 Å². The molecule has 44 heavy (non-hydrogen) atoms. The number of thiazole rings is 1. The number of H-pyrrole nitrogens is 1. The minimum absolute atomic E-state index is 0.0898. The van der Waals surface area contributed by atoms with Crippen LogP contribution in [0.1, 0.15) is 42.1 Å². The Labute approximate surface area is 259 Å². The van der Waals surface area contributed by atoms with Gasteiger partial charge >= 0.3 is 0 Å². The molecular weight excluding hydrogens is 566 g/mol. The van der Waals surface area contributed by atoms with Gasteiger partial charge in [-0.1, -0.05) is 66.7 Å². The van der Waals surface area contributed by atoms with Gasteiger partial charge in [-0.05, 0) is 54.4 Å². The number of aryl methyl sites for hydroxylation is 1. The summed E-state index contributed by atoms with van der Waals surface area (Å²) in [6.45, 7) is 2.49. The third kappa shape index (κ3) is 5.43. The number of carbonyl (C=O) groups excluding carboxylic acids is 2. The molecule has 0 aliphatic carbocycles. The average Bonchev–Trinajstić information content (AvgIpc) is 3.63. The Morgan fingerprint density at radius 3 is 2.39 bits per heavy atom. The van der Waals surface area contributed by atoms with Crippen LogP contribution < -0.4 is 10.2 Å². The summed E-state index contributed by atoms with van der Waals surface area (Å²) in [4.78, 5) is 42.7. The van der Waals surface area contributed by atoms with Crippen molar-refractivity contribution in [2.24, 2.45) is 0 Å². The van der Waals surface area contributed by atoms with Crippen molar-refractivity contribution >= 4 is 34.5 Å². The molecule has 2 amide bonds. The third-order valence-electron chi connectivity index (χ3n) is 7.74. The van der Waals surface area contributed by atoms with Crippen LogP contribution in [0.25, 0.3) is 22.4 Å². The largest absolute Gasteiger partial charge is 0.346 e. The van der Waals surface area contributed by atoms with Crippen molar-refractivity contribution in [3.05, 3.63) is 142 Å². The van der Waals surface area contributed by atoms with Gasteiger partial charge in [0.1, 0.15) is 5.82 Å². The predicted molar refractivity (Wildman–Crippen MR) is 175 cm³/mol. The summed E-state index contributed by atoms with van der Waals surface area (Å²) in [5.74, 6) is 0.597. The van der Waals surface area contributed by atoms with Crippen LogP contribution in [0.5, 0.6) is 0 Å². The van der Waals surface area contributed by atoms with Gasteiger partial charge in [-0.2, -0.15) is 0 Å². The number of rotatable bonds is 6. The number of imidazole rings is 1. The second-order valence-corrected chi connectivity index (χ2v) is 11.9. The van der Waals surface area contributed by atoms with E-state index in [1.807, 2.05) is 96.9 Å². The third-order valence-corrected chi connectivity index (χ3v) is 8.86. The van der Waals surface area contributed by atoms with Crippen LogP contribution in [0, 0.1) is 6.92 Å². The lowest BCUT2D eigenvalue weighted by Gasteiger charge is -2.23. The monoisotopic (exact) mass is 595 g/mol. The van der Waals surface area contributed by atoms with Gasteiger partial charge < -0.3 is 15.2 Å². The number of aromatic amines is 1. The zero-order valence-corrected chi connectivity index (χ0v) is 24.9. The molecule has 216 valence electrons. The van der Waals surface area contributed by atoms with Gasteiger partial charge in [0.15, 0.2) is 0 Å². The van der Waals surface area contributed by atoms with Crippen molar-refractivity contribution in [3.63, 3.8) is 0 Å². The molecule has 0 bridgehead atoms. The minimum Gasteiger partial charge on any atom is -0.346 e. The molecule has 0 fully saturated rings. The van der Waals surface area contributed by atoms with E-state index in [1.165, 1.54) is 4.88 Å². The average molecular weight is 596 g/mol. The van der Waals surface area contributed by atoms with E-state index in [0.717, 1.165) is 44.6 Å².